The van der Waals surface area contributed by atoms with E-state index in [9.17, 15) is 0 Å². The van der Waals surface area contributed by atoms with Crippen molar-refractivity contribution < 1.29 is 9.47 Å². The minimum atomic E-state index is 0.560. The number of nitrogens with zero attached hydrogens (tertiary/aromatic N) is 1. The molecular weight excluding hydrogens is 240 g/mol. The number of nitrogens with two attached hydrogens (primary N) is 1. The van der Waals surface area contributed by atoms with Crippen molar-refractivity contribution in [3.8, 4) is 5.75 Å². The van der Waals surface area contributed by atoms with Gasteiger partial charge in [-0.3, -0.25) is 4.90 Å². The smallest absolute Gasteiger partial charge is 0.119 e. The van der Waals surface area contributed by atoms with Gasteiger partial charge in [-0.25, -0.2) is 0 Å². The highest BCUT2D eigenvalue weighted by Gasteiger charge is 2.03. The van der Waals surface area contributed by atoms with Crippen LogP contribution in [0.5, 0.6) is 5.75 Å². The SMILES string of the molecule is C=CCN(CCOC)CCOc1ccc(CN)cc1. The third-order valence-electron chi connectivity index (χ3n) is 2.83. The standard InChI is InChI=1S/C15H24N2O2/c1-3-8-17(9-11-18-2)10-12-19-15-6-4-14(13-16)5-7-15/h3-7H,1,8-13,16H2,2H3. The van der Waals surface area contributed by atoms with Crippen molar-refractivity contribution in [2.45, 2.75) is 6.54 Å². The summed E-state index contributed by atoms with van der Waals surface area (Å²) in [6, 6.07) is 7.88. The van der Waals surface area contributed by atoms with Crippen LogP contribution in [0.25, 0.3) is 0 Å². The zero-order valence-electron chi connectivity index (χ0n) is 11.7. The number of benzene rings is 1. The van der Waals surface area contributed by atoms with Gasteiger partial charge in [-0.2, -0.15) is 0 Å². The molecule has 0 aliphatic rings. The summed E-state index contributed by atoms with van der Waals surface area (Å²) in [6.07, 6.45) is 1.89. The van der Waals surface area contributed by atoms with Gasteiger partial charge in [0.25, 0.3) is 0 Å². The van der Waals surface area contributed by atoms with E-state index in [1.165, 1.54) is 0 Å². The molecule has 0 bridgehead atoms. The van der Waals surface area contributed by atoms with Gasteiger partial charge in [0.1, 0.15) is 12.4 Å². The number of methoxy groups -OCH3 is 1. The summed E-state index contributed by atoms with van der Waals surface area (Å²) in [5.74, 6) is 0.877. The first-order chi connectivity index (χ1) is 9.30. The fourth-order valence-corrected chi connectivity index (χ4v) is 1.71. The predicted octanol–water partition coefficient (Wildman–Crippen LogP) is 1.66. The van der Waals surface area contributed by atoms with E-state index < -0.39 is 0 Å². The Labute approximate surface area is 115 Å². The first kappa shape index (κ1) is 15.7. The fourth-order valence-electron chi connectivity index (χ4n) is 1.71. The molecule has 0 amide bonds. The lowest BCUT2D eigenvalue weighted by Gasteiger charge is -2.20. The van der Waals surface area contributed by atoms with Crippen molar-refractivity contribution in [2.75, 3.05) is 40.0 Å². The van der Waals surface area contributed by atoms with Gasteiger partial charge < -0.3 is 15.2 Å². The van der Waals surface area contributed by atoms with Crippen molar-refractivity contribution in [1.29, 1.82) is 0 Å². The molecule has 4 nitrogen and oxygen atoms in total. The lowest BCUT2D eigenvalue weighted by molar-refractivity contribution is 0.142. The predicted molar refractivity (Wildman–Crippen MR) is 78.3 cm³/mol. The first-order valence-corrected chi connectivity index (χ1v) is 6.54. The van der Waals surface area contributed by atoms with Crippen LogP contribution in [0.4, 0.5) is 0 Å². The second kappa shape index (κ2) is 9.55. The second-order valence-corrected chi connectivity index (χ2v) is 4.28. The van der Waals surface area contributed by atoms with Gasteiger partial charge >= 0.3 is 0 Å². The van der Waals surface area contributed by atoms with Crippen molar-refractivity contribution in [3.63, 3.8) is 0 Å². The lowest BCUT2D eigenvalue weighted by atomic mass is 10.2. The lowest BCUT2D eigenvalue weighted by Crippen LogP contribution is -2.31. The molecule has 1 rings (SSSR count). The summed E-state index contributed by atoms with van der Waals surface area (Å²) in [5.41, 5.74) is 6.66. The molecule has 0 spiro atoms. The molecule has 19 heavy (non-hydrogen) atoms. The van der Waals surface area contributed by atoms with Gasteiger partial charge in [0.05, 0.1) is 6.61 Å². The van der Waals surface area contributed by atoms with Crippen LogP contribution in [-0.4, -0.2) is 44.9 Å². The van der Waals surface area contributed by atoms with Gasteiger partial charge in [-0.05, 0) is 17.7 Å². The maximum absolute atomic E-state index is 5.70. The zero-order valence-corrected chi connectivity index (χ0v) is 11.7. The van der Waals surface area contributed by atoms with Crippen LogP contribution in [0.1, 0.15) is 5.56 Å². The summed E-state index contributed by atoms with van der Waals surface area (Å²) >= 11 is 0. The second-order valence-electron chi connectivity index (χ2n) is 4.28. The highest BCUT2D eigenvalue weighted by molar-refractivity contribution is 5.27. The Morgan fingerprint density at radius 2 is 1.89 bits per heavy atom. The Morgan fingerprint density at radius 3 is 2.47 bits per heavy atom. The zero-order chi connectivity index (χ0) is 13.9. The Balaban J connectivity index is 2.31. The summed E-state index contributed by atoms with van der Waals surface area (Å²) in [5, 5.41) is 0. The molecule has 0 aliphatic heterocycles. The van der Waals surface area contributed by atoms with Crippen LogP contribution in [-0.2, 0) is 11.3 Å². The Hall–Kier alpha value is -1.36. The molecule has 0 fully saturated rings. The maximum Gasteiger partial charge on any atom is 0.119 e. The van der Waals surface area contributed by atoms with Crippen LogP contribution < -0.4 is 10.5 Å². The summed E-state index contributed by atoms with van der Waals surface area (Å²) in [6.45, 7) is 8.28. The maximum atomic E-state index is 5.70. The Bertz CT molecular complexity index is 352. The van der Waals surface area contributed by atoms with E-state index in [1.54, 1.807) is 7.11 Å². The van der Waals surface area contributed by atoms with E-state index in [0.29, 0.717) is 13.2 Å². The quantitative estimate of drug-likeness (QED) is 0.653. The minimum absolute atomic E-state index is 0.560. The summed E-state index contributed by atoms with van der Waals surface area (Å²) in [7, 11) is 1.71. The average Bonchev–Trinajstić information content (AvgIpc) is 2.45. The molecule has 4 heteroatoms. The Morgan fingerprint density at radius 1 is 1.21 bits per heavy atom. The van der Waals surface area contributed by atoms with Gasteiger partial charge in [0.15, 0.2) is 0 Å². The van der Waals surface area contributed by atoms with E-state index in [1.807, 2.05) is 30.3 Å². The van der Waals surface area contributed by atoms with Crippen molar-refractivity contribution in [3.05, 3.63) is 42.5 Å². The van der Waals surface area contributed by atoms with Crippen LogP contribution in [0.3, 0.4) is 0 Å². The average molecular weight is 264 g/mol. The molecular formula is C15H24N2O2. The molecule has 0 aromatic heterocycles. The molecule has 1 aromatic rings. The van der Waals surface area contributed by atoms with Gasteiger partial charge in [-0.1, -0.05) is 18.2 Å². The number of rotatable bonds is 10. The van der Waals surface area contributed by atoms with Crippen molar-refractivity contribution in [2.24, 2.45) is 5.73 Å². The first-order valence-electron chi connectivity index (χ1n) is 6.54. The monoisotopic (exact) mass is 264 g/mol. The molecule has 106 valence electrons. The third kappa shape index (κ3) is 6.38. The van der Waals surface area contributed by atoms with Gasteiger partial charge in [-0.15, -0.1) is 6.58 Å². The van der Waals surface area contributed by atoms with Gasteiger partial charge in [0.2, 0.25) is 0 Å². The minimum Gasteiger partial charge on any atom is -0.492 e. The molecule has 0 atom stereocenters. The molecule has 0 unspecified atom stereocenters. The molecule has 0 aliphatic carbocycles. The van der Waals surface area contributed by atoms with E-state index in [4.69, 9.17) is 15.2 Å². The van der Waals surface area contributed by atoms with Crippen molar-refractivity contribution in [1.82, 2.24) is 4.90 Å². The normalized spacial score (nSPS) is 10.7. The number of ether oxygens (including phenoxy) is 2. The fraction of sp³-hybridized carbons (Fsp3) is 0.467. The molecule has 0 saturated heterocycles. The van der Waals surface area contributed by atoms with Crippen LogP contribution >= 0.6 is 0 Å². The highest BCUT2D eigenvalue weighted by Crippen LogP contribution is 2.11. The molecule has 0 radical (unpaired) electrons. The van der Waals surface area contributed by atoms with E-state index >= 15 is 0 Å². The third-order valence-corrected chi connectivity index (χ3v) is 2.83. The van der Waals surface area contributed by atoms with Crippen LogP contribution in [0.2, 0.25) is 0 Å². The largest absolute Gasteiger partial charge is 0.492 e. The summed E-state index contributed by atoms with van der Waals surface area (Å²) < 4.78 is 10.8. The van der Waals surface area contributed by atoms with E-state index in [0.717, 1.165) is 37.6 Å². The summed E-state index contributed by atoms with van der Waals surface area (Å²) in [4.78, 5) is 2.24. The Kier molecular flexibility index (Phi) is 7.89. The van der Waals surface area contributed by atoms with E-state index in [-0.39, 0.29) is 0 Å². The van der Waals surface area contributed by atoms with Crippen molar-refractivity contribution >= 4 is 0 Å². The van der Waals surface area contributed by atoms with Crippen LogP contribution in [0, 0.1) is 0 Å². The molecule has 2 N–H and O–H groups in total. The number of hydrogen-bond acceptors (Lipinski definition) is 4. The van der Waals surface area contributed by atoms with E-state index in [2.05, 4.69) is 11.5 Å². The highest BCUT2D eigenvalue weighted by atomic mass is 16.5. The number of hydrogen-bond donors (Lipinski definition) is 1. The molecule has 0 saturated carbocycles. The molecule has 0 heterocycles. The van der Waals surface area contributed by atoms with Crippen LogP contribution in [0.15, 0.2) is 36.9 Å². The molecule has 1 aromatic carbocycles. The topological polar surface area (TPSA) is 47.7 Å². The van der Waals surface area contributed by atoms with Gasteiger partial charge in [0, 0.05) is 33.3 Å².